The van der Waals surface area contributed by atoms with Gasteiger partial charge in [0.25, 0.3) is 0 Å². The van der Waals surface area contributed by atoms with Crippen LogP contribution in [0.25, 0.3) is 22.5 Å². The number of unbranched alkanes of at least 4 members (excludes halogenated alkanes) is 3. The minimum Gasteiger partial charge on any atom is -0.464 e. The molecular weight excluding hydrogens is 758 g/mol. The fraction of sp³-hybridized carbons (Fsp3) is 0.436. The molecule has 0 aliphatic carbocycles. The number of rotatable bonds is 24. The number of hydrogen-bond acceptors (Lipinski definition) is 17. The van der Waals surface area contributed by atoms with E-state index in [-0.39, 0.29) is 62.3 Å². The number of carbonyl (C=O) groups excluding carboxylic acids is 3. The van der Waals surface area contributed by atoms with E-state index in [1.165, 1.54) is 0 Å². The summed E-state index contributed by atoms with van der Waals surface area (Å²) in [6.45, 7) is 5.76. The van der Waals surface area contributed by atoms with Gasteiger partial charge < -0.3 is 19.1 Å². The zero-order valence-electron chi connectivity index (χ0n) is 32.8. The molecule has 4 rings (SSSR count). The number of esters is 1. The molecule has 19 heteroatoms. The largest absolute Gasteiger partial charge is 0.510 e. The van der Waals surface area contributed by atoms with E-state index in [0.29, 0.717) is 54.6 Å². The first kappa shape index (κ1) is 45.3. The number of carbonyl (C=O) groups is 3. The molecule has 19 nitrogen and oxygen atoms in total. The van der Waals surface area contributed by atoms with Gasteiger partial charge in [-0.2, -0.15) is 0 Å². The van der Waals surface area contributed by atoms with Gasteiger partial charge in [0.15, 0.2) is 0 Å². The van der Waals surface area contributed by atoms with Crippen LogP contribution in [0.1, 0.15) is 76.0 Å². The van der Waals surface area contributed by atoms with Crippen molar-refractivity contribution in [3.05, 3.63) is 89.5 Å². The van der Waals surface area contributed by atoms with Crippen molar-refractivity contribution in [2.75, 3.05) is 13.2 Å². The third kappa shape index (κ3) is 14.8. The van der Waals surface area contributed by atoms with Gasteiger partial charge in [-0.05, 0) is 64.6 Å². The predicted octanol–water partition coefficient (Wildman–Crippen LogP) is 6.10. The first-order chi connectivity index (χ1) is 27.9. The van der Waals surface area contributed by atoms with Gasteiger partial charge in [0, 0.05) is 18.5 Å². The Morgan fingerprint density at radius 3 is 2.02 bits per heavy atom. The van der Waals surface area contributed by atoms with Crippen LogP contribution in [0.2, 0.25) is 0 Å². The molecule has 0 saturated heterocycles. The molecule has 0 radical (unpaired) electrons. The fourth-order valence-electron chi connectivity index (χ4n) is 5.84. The van der Waals surface area contributed by atoms with Crippen LogP contribution < -0.4 is 0 Å². The molecule has 1 heterocycles. The molecule has 0 saturated carbocycles. The van der Waals surface area contributed by atoms with Gasteiger partial charge in [0.2, 0.25) is 18.5 Å². The van der Waals surface area contributed by atoms with Crippen LogP contribution in [-0.2, 0) is 60.0 Å². The van der Waals surface area contributed by atoms with Crippen molar-refractivity contribution in [2.45, 2.75) is 91.8 Å². The number of ether oxygens (including phenoxy) is 3. The third-order valence-corrected chi connectivity index (χ3v) is 8.78. The lowest BCUT2D eigenvalue weighted by molar-refractivity contribution is -0.497. The second-order valence-corrected chi connectivity index (χ2v) is 13.5. The predicted molar refractivity (Wildman–Crippen MR) is 201 cm³/mol. The van der Waals surface area contributed by atoms with E-state index in [1.807, 2.05) is 69.3 Å². The van der Waals surface area contributed by atoms with Gasteiger partial charge in [-0.15, -0.1) is 15.0 Å². The summed E-state index contributed by atoms with van der Waals surface area (Å²) in [5, 5.41) is 46.5. The Kier molecular flexibility index (Phi) is 18.6. The molecule has 0 aliphatic heterocycles. The number of hydrogen-bond donors (Lipinski definition) is 4. The highest BCUT2D eigenvalue weighted by molar-refractivity contribution is 5.85. The summed E-state index contributed by atoms with van der Waals surface area (Å²) in [7, 11) is 0. The summed E-state index contributed by atoms with van der Waals surface area (Å²) in [5.41, 5.74) is 4.49. The number of tetrazole rings is 1. The average molecular weight is 810 g/mol. The fourth-order valence-corrected chi connectivity index (χ4v) is 5.84. The molecule has 4 aromatic rings. The Morgan fingerprint density at radius 1 is 0.724 bits per heavy atom. The van der Waals surface area contributed by atoms with Crippen LogP contribution in [-0.4, -0.2) is 94.0 Å². The van der Waals surface area contributed by atoms with Crippen LogP contribution in [0.5, 0.6) is 0 Å². The lowest BCUT2D eigenvalue weighted by Crippen LogP contribution is -2.48. The summed E-state index contributed by atoms with van der Waals surface area (Å²) in [6, 6.07) is 21.1. The maximum absolute atomic E-state index is 13.6. The molecule has 1 aromatic heterocycles. The summed E-state index contributed by atoms with van der Waals surface area (Å²) in [6.07, 6.45) is 2.60. The van der Waals surface area contributed by atoms with Crippen molar-refractivity contribution in [1.82, 2.24) is 35.9 Å². The van der Waals surface area contributed by atoms with Crippen molar-refractivity contribution >= 4 is 18.0 Å². The van der Waals surface area contributed by atoms with Crippen LogP contribution in [0, 0.1) is 5.92 Å². The van der Waals surface area contributed by atoms with E-state index < -0.39 is 18.2 Å². The third-order valence-electron chi connectivity index (χ3n) is 8.78. The smallest absolute Gasteiger partial charge is 0.464 e. The lowest BCUT2D eigenvalue weighted by Gasteiger charge is -2.33. The number of aromatic nitrogens is 4. The molecule has 0 bridgehead atoms. The highest BCUT2D eigenvalue weighted by Gasteiger charge is 2.33. The Bertz CT molecular complexity index is 1860. The van der Waals surface area contributed by atoms with Gasteiger partial charge in [-0.25, -0.2) is 14.4 Å². The molecule has 314 valence electrons. The van der Waals surface area contributed by atoms with E-state index in [2.05, 4.69) is 25.1 Å². The monoisotopic (exact) mass is 809 g/mol. The SMILES string of the molecule is CCCCC(=O)N(Cc1ccc(-c2ccccc2-c2nnn(COC(=O)OCc3ccc(CON(O)O)cc3)n2)cc1)[C@H](C(=O)OCCCCCON(O)O)C(C)C. The Labute approximate surface area is 335 Å². The van der Waals surface area contributed by atoms with Crippen LogP contribution in [0.4, 0.5) is 4.79 Å². The van der Waals surface area contributed by atoms with E-state index in [0.717, 1.165) is 27.9 Å². The Morgan fingerprint density at radius 2 is 1.36 bits per heavy atom. The Balaban J connectivity index is 1.37. The Hall–Kier alpha value is -5.38. The first-order valence-corrected chi connectivity index (χ1v) is 18.9. The van der Waals surface area contributed by atoms with Gasteiger partial charge >= 0.3 is 12.1 Å². The van der Waals surface area contributed by atoms with Crippen molar-refractivity contribution < 1.29 is 59.1 Å². The van der Waals surface area contributed by atoms with E-state index in [9.17, 15) is 14.4 Å². The van der Waals surface area contributed by atoms with Crippen LogP contribution >= 0.6 is 0 Å². The number of nitrogens with zero attached hydrogens (tertiary/aromatic N) is 7. The van der Waals surface area contributed by atoms with Crippen LogP contribution in [0.3, 0.4) is 0 Å². The van der Waals surface area contributed by atoms with Crippen molar-refractivity contribution in [3.63, 3.8) is 0 Å². The molecule has 0 aliphatic rings. The molecule has 3 aromatic carbocycles. The summed E-state index contributed by atoms with van der Waals surface area (Å²) < 4.78 is 15.9. The second kappa shape index (κ2) is 23.8. The van der Waals surface area contributed by atoms with E-state index >= 15 is 0 Å². The topological polar surface area (TPSA) is 232 Å². The summed E-state index contributed by atoms with van der Waals surface area (Å²) in [4.78, 5) is 51.0. The molecule has 58 heavy (non-hydrogen) atoms. The summed E-state index contributed by atoms with van der Waals surface area (Å²) >= 11 is 0. The maximum atomic E-state index is 13.6. The minimum atomic E-state index is -0.941. The zero-order valence-corrected chi connectivity index (χ0v) is 32.8. The van der Waals surface area contributed by atoms with E-state index in [1.54, 1.807) is 29.2 Å². The van der Waals surface area contributed by atoms with Crippen LogP contribution in [0.15, 0.2) is 72.8 Å². The second-order valence-electron chi connectivity index (χ2n) is 13.5. The average Bonchev–Trinajstić information content (AvgIpc) is 3.69. The normalized spacial score (nSPS) is 11.9. The highest BCUT2D eigenvalue weighted by atomic mass is 17.1. The number of benzene rings is 3. The first-order valence-electron chi connectivity index (χ1n) is 18.9. The molecule has 1 atom stereocenters. The molecule has 4 N–H and O–H groups in total. The van der Waals surface area contributed by atoms with Crippen molar-refractivity contribution in [3.8, 4) is 22.5 Å². The molecule has 0 fully saturated rings. The van der Waals surface area contributed by atoms with Gasteiger partial charge in [0.05, 0.1) is 30.6 Å². The van der Waals surface area contributed by atoms with Gasteiger partial charge in [-0.3, -0.25) is 30.5 Å². The minimum absolute atomic E-state index is 0.0656. The lowest BCUT2D eigenvalue weighted by atomic mass is 9.97. The van der Waals surface area contributed by atoms with Gasteiger partial charge in [0.1, 0.15) is 12.6 Å². The van der Waals surface area contributed by atoms with E-state index in [4.69, 9.17) is 35.0 Å². The zero-order chi connectivity index (χ0) is 41.9. The summed E-state index contributed by atoms with van der Waals surface area (Å²) in [5.74, 6) is -0.524. The molecule has 1 amide bonds. The van der Waals surface area contributed by atoms with Crippen molar-refractivity contribution in [2.24, 2.45) is 5.92 Å². The molecule has 0 spiro atoms. The standard InChI is InChI=1S/C39H51N7O12/c1-4-5-13-35(47)43(36(28(2)3)38(48)54-22-9-6-10-23-57-45(50)51)24-29-18-20-32(21-19-29)33-11-7-8-12-34(33)37-40-42-44(41-37)27-56-39(49)55-25-30-14-16-31(17-15-30)26-58-46(52)53/h7-8,11-12,14-21,28,36,50-53H,4-6,9-10,13,22-27H2,1-3H3/t36-/m0/s1. The maximum Gasteiger partial charge on any atom is 0.510 e. The highest BCUT2D eigenvalue weighted by Crippen LogP contribution is 2.30. The quantitative estimate of drug-likeness (QED) is 0.0356. The number of amides is 1. The van der Waals surface area contributed by atoms with Crippen molar-refractivity contribution in [1.29, 1.82) is 0 Å². The van der Waals surface area contributed by atoms with Gasteiger partial charge in [-0.1, -0.05) is 100.0 Å². The molecular formula is C39H51N7O12. The molecule has 0 unspecified atom stereocenters.